The Morgan fingerprint density at radius 2 is 2.27 bits per heavy atom. The van der Waals surface area contributed by atoms with Crippen molar-refractivity contribution in [2.45, 2.75) is 44.8 Å². The summed E-state index contributed by atoms with van der Waals surface area (Å²) < 4.78 is 5.64. The van der Waals surface area contributed by atoms with E-state index in [4.69, 9.17) is 10.5 Å². The summed E-state index contributed by atoms with van der Waals surface area (Å²) in [5, 5.41) is 0. The third-order valence-electron chi connectivity index (χ3n) is 4.11. The van der Waals surface area contributed by atoms with Gasteiger partial charge in [0.25, 0.3) is 0 Å². The highest BCUT2D eigenvalue weighted by Crippen LogP contribution is 2.34. The van der Waals surface area contributed by atoms with E-state index in [0.717, 1.165) is 31.9 Å². The molecule has 0 saturated carbocycles. The number of rotatable bonds is 2. The monoisotopic (exact) mass is 212 g/mol. The molecule has 0 aromatic carbocycles. The first-order valence-corrected chi connectivity index (χ1v) is 6.23. The Kier molecular flexibility index (Phi) is 3.33. The van der Waals surface area contributed by atoms with Crippen molar-refractivity contribution in [2.75, 3.05) is 26.2 Å². The van der Waals surface area contributed by atoms with Crippen molar-refractivity contribution in [3.63, 3.8) is 0 Å². The third kappa shape index (κ3) is 2.19. The maximum Gasteiger partial charge on any atom is 0.0565 e. The Hall–Kier alpha value is -0.120. The van der Waals surface area contributed by atoms with E-state index in [0.29, 0.717) is 6.10 Å². The van der Waals surface area contributed by atoms with Crippen molar-refractivity contribution in [1.29, 1.82) is 0 Å². The van der Waals surface area contributed by atoms with Crippen molar-refractivity contribution in [1.82, 2.24) is 4.90 Å². The molecule has 0 spiro atoms. The number of hydrogen-bond donors (Lipinski definition) is 1. The SMILES string of the molecule is CC1CCN(C2(CN)CCOC(C)C2)C1. The summed E-state index contributed by atoms with van der Waals surface area (Å²) in [6.45, 7) is 8.63. The largest absolute Gasteiger partial charge is 0.378 e. The van der Waals surface area contributed by atoms with E-state index in [9.17, 15) is 0 Å². The second-order valence-corrected chi connectivity index (χ2v) is 5.40. The lowest BCUT2D eigenvalue weighted by Crippen LogP contribution is -2.57. The van der Waals surface area contributed by atoms with Gasteiger partial charge in [-0.1, -0.05) is 6.92 Å². The molecule has 0 amide bonds. The molecule has 0 aromatic heterocycles. The Balaban J connectivity index is 2.06. The molecule has 0 bridgehead atoms. The van der Waals surface area contributed by atoms with Crippen LogP contribution in [0.3, 0.4) is 0 Å². The van der Waals surface area contributed by atoms with Crippen LogP contribution in [0.5, 0.6) is 0 Å². The molecule has 2 N–H and O–H groups in total. The molecule has 0 aromatic rings. The molecule has 0 radical (unpaired) electrons. The molecule has 2 rings (SSSR count). The van der Waals surface area contributed by atoms with Crippen LogP contribution in [0.2, 0.25) is 0 Å². The van der Waals surface area contributed by atoms with Gasteiger partial charge < -0.3 is 10.5 Å². The summed E-state index contributed by atoms with van der Waals surface area (Å²) in [6.07, 6.45) is 3.92. The number of nitrogens with two attached hydrogens (primary N) is 1. The van der Waals surface area contributed by atoms with Crippen LogP contribution < -0.4 is 5.73 Å². The molecule has 3 nitrogen and oxygen atoms in total. The van der Waals surface area contributed by atoms with Crippen LogP contribution in [0.1, 0.15) is 33.1 Å². The highest BCUT2D eigenvalue weighted by molar-refractivity contribution is 4.98. The van der Waals surface area contributed by atoms with Gasteiger partial charge in [0.1, 0.15) is 0 Å². The van der Waals surface area contributed by atoms with Gasteiger partial charge in [-0.25, -0.2) is 0 Å². The number of likely N-dealkylation sites (tertiary alicyclic amines) is 1. The fourth-order valence-electron chi connectivity index (χ4n) is 3.11. The first-order chi connectivity index (χ1) is 7.16. The fourth-order valence-corrected chi connectivity index (χ4v) is 3.11. The average Bonchev–Trinajstić information content (AvgIpc) is 2.65. The molecular weight excluding hydrogens is 188 g/mol. The zero-order valence-electron chi connectivity index (χ0n) is 10.0. The van der Waals surface area contributed by atoms with Crippen LogP contribution in [-0.2, 0) is 4.74 Å². The van der Waals surface area contributed by atoms with Crippen LogP contribution in [-0.4, -0.2) is 42.8 Å². The second-order valence-electron chi connectivity index (χ2n) is 5.40. The van der Waals surface area contributed by atoms with Crippen molar-refractivity contribution in [3.05, 3.63) is 0 Å². The van der Waals surface area contributed by atoms with Crippen LogP contribution >= 0.6 is 0 Å². The molecule has 2 heterocycles. The highest BCUT2D eigenvalue weighted by atomic mass is 16.5. The third-order valence-corrected chi connectivity index (χ3v) is 4.11. The molecular formula is C12H24N2O. The van der Waals surface area contributed by atoms with Gasteiger partial charge in [-0.05, 0) is 38.6 Å². The summed E-state index contributed by atoms with van der Waals surface area (Å²) in [5.41, 5.74) is 6.27. The zero-order chi connectivity index (χ0) is 10.9. The number of ether oxygens (including phenoxy) is 1. The highest BCUT2D eigenvalue weighted by Gasteiger charge is 2.41. The van der Waals surface area contributed by atoms with Crippen molar-refractivity contribution in [3.8, 4) is 0 Å². The lowest BCUT2D eigenvalue weighted by molar-refractivity contribution is -0.0576. The van der Waals surface area contributed by atoms with Gasteiger partial charge in [-0.15, -0.1) is 0 Å². The maximum absolute atomic E-state index is 6.03. The minimum Gasteiger partial charge on any atom is -0.378 e. The Morgan fingerprint density at radius 1 is 1.47 bits per heavy atom. The first-order valence-electron chi connectivity index (χ1n) is 6.23. The predicted octanol–water partition coefficient (Wildman–Crippen LogP) is 1.22. The lowest BCUT2D eigenvalue weighted by Gasteiger charge is -2.46. The van der Waals surface area contributed by atoms with Crippen LogP contribution in [0.15, 0.2) is 0 Å². The average molecular weight is 212 g/mol. The molecule has 2 aliphatic heterocycles. The minimum atomic E-state index is 0.239. The molecule has 2 saturated heterocycles. The fraction of sp³-hybridized carbons (Fsp3) is 1.00. The quantitative estimate of drug-likeness (QED) is 0.748. The standard InChI is InChI=1S/C12H24N2O/c1-10-3-5-14(8-10)12(9-13)4-6-15-11(2)7-12/h10-11H,3-9,13H2,1-2H3. The van der Waals surface area contributed by atoms with Gasteiger partial charge in [0, 0.05) is 25.2 Å². The molecule has 88 valence electrons. The van der Waals surface area contributed by atoms with E-state index < -0.39 is 0 Å². The summed E-state index contributed by atoms with van der Waals surface area (Å²) in [6, 6.07) is 0. The second kappa shape index (κ2) is 4.40. The van der Waals surface area contributed by atoms with Crippen molar-refractivity contribution in [2.24, 2.45) is 11.7 Å². The van der Waals surface area contributed by atoms with Crippen LogP contribution in [0.25, 0.3) is 0 Å². The van der Waals surface area contributed by atoms with Crippen molar-refractivity contribution >= 4 is 0 Å². The van der Waals surface area contributed by atoms with Gasteiger partial charge in [0.05, 0.1) is 6.10 Å². The van der Waals surface area contributed by atoms with Crippen LogP contribution in [0, 0.1) is 5.92 Å². The van der Waals surface area contributed by atoms with E-state index >= 15 is 0 Å². The number of nitrogens with zero attached hydrogens (tertiary/aromatic N) is 1. The summed E-state index contributed by atoms with van der Waals surface area (Å²) in [5.74, 6) is 0.839. The molecule has 3 atom stereocenters. The first kappa shape index (κ1) is 11.4. The Morgan fingerprint density at radius 3 is 2.80 bits per heavy atom. The Labute approximate surface area is 93.0 Å². The van der Waals surface area contributed by atoms with Crippen LogP contribution in [0.4, 0.5) is 0 Å². The smallest absolute Gasteiger partial charge is 0.0565 e. The van der Waals surface area contributed by atoms with E-state index in [1.54, 1.807) is 0 Å². The Bertz CT molecular complexity index is 222. The molecule has 0 aliphatic carbocycles. The summed E-state index contributed by atoms with van der Waals surface area (Å²) in [7, 11) is 0. The summed E-state index contributed by atoms with van der Waals surface area (Å²) in [4.78, 5) is 2.62. The predicted molar refractivity (Wildman–Crippen MR) is 61.8 cm³/mol. The normalized spacial score (nSPS) is 43.4. The van der Waals surface area contributed by atoms with Crippen molar-refractivity contribution < 1.29 is 4.74 Å². The molecule has 3 unspecified atom stereocenters. The maximum atomic E-state index is 6.03. The van der Waals surface area contributed by atoms with Gasteiger partial charge in [-0.3, -0.25) is 4.90 Å². The zero-order valence-corrected chi connectivity index (χ0v) is 10.0. The van der Waals surface area contributed by atoms with Gasteiger partial charge >= 0.3 is 0 Å². The molecule has 2 aliphatic rings. The van der Waals surface area contributed by atoms with Gasteiger partial charge in [-0.2, -0.15) is 0 Å². The minimum absolute atomic E-state index is 0.239. The van der Waals surface area contributed by atoms with Gasteiger partial charge in [0.2, 0.25) is 0 Å². The molecule has 2 fully saturated rings. The topological polar surface area (TPSA) is 38.5 Å². The van der Waals surface area contributed by atoms with Gasteiger partial charge in [0.15, 0.2) is 0 Å². The van der Waals surface area contributed by atoms with E-state index in [2.05, 4.69) is 18.7 Å². The molecule has 3 heteroatoms. The van der Waals surface area contributed by atoms with E-state index in [1.165, 1.54) is 19.5 Å². The molecule has 15 heavy (non-hydrogen) atoms. The number of hydrogen-bond acceptors (Lipinski definition) is 3. The van der Waals surface area contributed by atoms with E-state index in [1.807, 2.05) is 0 Å². The van der Waals surface area contributed by atoms with E-state index in [-0.39, 0.29) is 5.54 Å². The summed E-state index contributed by atoms with van der Waals surface area (Å²) >= 11 is 0. The lowest BCUT2D eigenvalue weighted by atomic mass is 9.85.